The Kier molecular flexibility index (Phi) is 5.31. The van der Waals surface area contributed by atoms with Crippen LogP contribution in [0.3, 0.4) is 0 Å². The fourth-order valence-corrected chi connectivity index (χ4v) is 2.31. The predicted molar refractivity (Wildman–Crippen MR) is 91.7 cm³/mol. The number of benzene rings is 2. The molecule has 0 bridgehead atoms. The fraction of sp³-hybridized carbons (Fsp3) is 0.167. The Morgan fingerprint density at radius 1 is 1.00 bits per heavy atom. The van der Waals surface area contributed by atoms with Crippen LogP contribution in [0.25, 0.3) is 0 Å². The lowest BCUT2D eigenvalue weighted by molar-refractivity contribution is -0.116. The van der Waals surface area contributed by atoms with Gasteiger partial charge >= 0.3 is 5.97 Å². The summed E-state index contributed by atoms with van der Waals surface area (Å²) in [4.78, 5) is 35.1. The molecular formula is C18H18N2O4. The van der Waals surface area contributed by atoms with Gasteiger partial charge in [-0.2, -0.15) is 0 Å². The second-order valence-electron chi connectivity index (χ2n) is 5.35. The summed E-state index contributed by atoms with van der Waals surface area (Å²) in [6.45, 7) is 1.44. The number of anilines is 2. The summed E-state index contributed by atoms with van der Waals surface area (Å²) >= 11 is 0. The van der Waals surface area contributed by atoms with Gasteiger partial charge in [-0.05, 0) is 42.8 Å². The van der Waals surface area contributed by atoms with Gasteiger partial charge in [0.05, 0.1) is 11.1 Å². The average molecular weight is 326 g/mol. The Hall–Kier alpha value is -3.15. The molecule has 2 aromatic rings. The smallest absolute Gasteiger partial charge is 0.336 e. The molecule has 0 aliphatic carbocycles. The average Bonchev–Trinajstić information content (AvgIpc) is 2.54. The monoisotopic (exact) mass is 326 g/mol. The molecule has 2 rings (SSSR count). The van der Waals surface area contributed by atoms with Crippen LogP contribution in [0.4, 0.5) is 11.4 Å². The highest BCUT2D eigenvalue weighted by atomic mass is 16.4. The minimum atomic E-state index is -1.20. The van der Waals surface area contributed by atoms with Gasteiger partial charge in [0.15, 0.2) is 0 Å². The first-order chi connectivity index (χ1) is 11.4. The van der Waals surface area contributed by atoms with Crippen LogP contribution >= 0.6 is 0 Å². The van der Waals surface area contributed by atoms with E-state index in [-0.39, 0.29) is 23.3 Å². The van der Waals surface area contributed by atoms with Crippen molar-refractivity contribution < 1.29 is 19.5 Å². The summed E-state index contributed by atoms with van der Waals surface area (Å²) in [7, 11) is 1.76. The molecule has 6 heteroatoms. The SMILES string of the molecule is CNc1cccc(NC(=O)c2cc(CC(C)=O)ccc2C(=O)O)c1. The van der Waals surface area contributed by atoms with E-state index in [0.717, 1.165) is 5.69 Å². The number of carboxylic acid groups (broad SMARTS) is 1. The van der Waals surface area contributed by atoms with Gasteiger partial charge in [0, 0.05) is 24.8 Å². The lowest BCUT2D eigenvalue weighted by Crippen LogP contribution is -2.17. The Morgan fingerprint density at radius 2 is 1.71 bits per heavy atom. The Morgan fingerprint density at radius 3 is 2.33 bits per heavy atom. The van der Waals surface area contributed by atoms with Crippen LogP contribution in [0.1, 0.15) is 33.2 Å². The minimum absolute atomic E-state index is 0.0242. The van der Waals surface area contributed by atoms with Crippen molar-refractivity contribution in [1.29, 1.82) is 0 Å². The number of hydrogen-bond acceptors (Lipinski definition) is 4. The minimum Gasteiger partial charge on any atom is -0.478 e. The van der Waals surface area contributed by atoms with Crippen LogP contribution in [-0.2, 0) is 11.2 Å². The van der Waals surface area contributed by atoms with Gasteiger partial charge in [-0.1, -0.05) is 12.1 Å². The van der Waals surface area contributed by atoms with Gasteiger partial charge in [0.25, 0.3) is 5.91 Å². The number of amides is 1. The standard InChI is InChI=1S/C18H18N2O4/c1-11(21)8-12-6-7-15(18(23)24)16(9-12)17(22)20-14-5-3-4-13(10-14)19-2/h3-7,9-10,19H,8H2,1-2H3,(H,20,22)(H,23,24). The number of hydrogen-bond donors (Lipinski definition) is 3. The van der Waals surface area contributed by atoms with Crippen LogP contribution in [0.5, 0.6) is 0 Å². The van der Waals surface area contributed by atoms with E-state index in [1.165, 1.54) is 19.1 Å². The van der Waals surface area contributed by atoms with Crippen LogP contribution in [-0.4, -0.2) is 29.8 Å². The molecule has 0 aromatic heterocycles. The lowest BCUT2D eigenvalue weighted by Gasteiger charge is -2.10. The van der Waals surface area contributed by atoms with E-state index in [1.54, 1.807) is 31.3 Å². The molecular weight excluding hydrogens is 308 g/mol. The molecule has 0 spiro atoms. The van der Waals surface area contributed by atoms with Gasteiger partial charge in [-0.25, -0.2) is 4.79 Å². The summed E-state index contributed by atoms with van der Waals surface area (Å²) in [5.41, 5.74) is 1.87. The number of aromatic carboxylic acids is 1. The molecule has 2 aromatic carbocycles. The molecule has 0 unspecified atom stereocenters. The highest BCUT2D eigenvalue weighted by molar-refractivity contribution is 6.11. The third kappa shape index (κ3) is 4.19. The van der Waals surface area contributed by atoms with Gasteiger partial charge in [0.2, 0.25) is 0 Å². The third-order valence-corrected chi connectivity index (χ3v) is 3.42. The molecule has 0 saturated carbocycles. The van der Waals surface area contributed by atoms with Crippen LogP contribution in [0, 0.1) is 0 Å². The molecule has 0 fully saturated rings. The third-order valence-electron chi connectivity index (χ3n) is 3.42. The highest BCUT2D eigenvalue weighted by Gasteiger charge is 2.18. The van der Waals surface area contributed by atoms with Crippen molar-refractivity contribution in [1.82, 2.24) is 0 Å². The van der Waals surface area contributed by atoms with Crippen molar-refractivity contribution >= 4 is 29.0 Å². The van der Waals surface area contributed by atoms with E-state index >= 15 is 0 Å². The maximum Gasteiger partial charge on any atom is 0.336 e. The summed E-state index contributed by atoms with van der Waals surface area (Å²) < 4.78 is 0. The highest BCUT2D eigenvalue weighted by Crippen LogP contribution is 2.18. The number of rotatable bonds is 6. The first-order valence-corrected chi connectivity index (χ1v) is 7.35. The van der Waals surface area contributed by atoms with E-state index in [4.69, 9.17) is 0 Å². The quantitative estimate of drug-likeness (QED) is 0.758. The Labute approximate surface area is 139 Å². The largest absolute Gasteiger partial charge is 0.478 e. The second-order valence-corrected chi connectivity index (χ2v) is 5.35. The molecule has 0 saturated heterocycles. The zero-order valence-corrected chi connectivity index (χ0v) is 13.4. The zero-order valence-electron chi connectivity index (χ0n) is 13.4. The number of carboxylic acids is 1. The fourth-order valence-electron chi connectivity index (χ4n) is 2.31. The number of ketones is 1. The summed E-state index contributed by atoms with van der Waals surface area (Å²) in [6, 6.07) is 11.4. The van der Waals surface area contributed by atoms with Crippen LogP contribution in [0.2, 0.25) is 0 Å². The van der Waals surface area contributed by atoms with E-state index in [0.29, 0.717) is 11.3 Å². The molecule has 0 heterocycles. The Balaban J connectivity index is 2.34. The van der Waals surface area contributed by atoms with Crippen molar-refractivity contribution in [2.45, 2.75) is 13.3 Å². The molecule has 6 nitrogen and oxygen atoms in total. The molecule has 1 amide bonds. The van der Waals surface area contributed by atoms with E-state index in [9.17, 15) is 19.5 Å². The van der Waals surface area contributed by atoms with E-state index in [1.807, 2.05) is 6.07 Å². The first kappa shape index (κ1) is 17.2. The van der Waals surface area contributed by atoms with Gasteiger partial charge in [0.1, 0.15) is 5.78 Å². The van der Waals surface area contributed by atoms with Crippen LogP contribution in [0.15, 0.2) is 42.5 Å². The number of carbonyl (C=O) groups is 3. The first-order valence-electron chi connectivity index (χ1n) is 7.35. The van der Waals surface area contributed by atoms with Crippen molar-refractivity contribution in [3.63, 3.8) is 0 Å². The molecule has 3 N–H and O–H groups in total. The van der Waals surface area contributed by atoms with E-state index in [2.05, 4.69) is 10.6 Å². The van der Waals surface area contributed by atoms with E-state index < -0.39 is 11.9 Å². The maximum absolute atomic E-state index is 12.5. The Bertz CT molecular complexity index is 799. The molecule has 0 atom stereocenters. The van der Waals surface area contributed by atoms with Crippen molar-refractivity contribution in [2.75, 3.05) is 17.7 Å². The van der Waals surface area contributed by atoms with Gasteiger partial charge in [-0.15, -0.1) is 0 Å². The zero-order chi connectivity index (χ0) is 17.7. The van der Waals surface area contributed by atoms with Crippen molar-refractivity contribution in [2.24, 2.45) is 0 Å². The number of nitrogens with one attached hydrogen (secondary N) is 2. The molecule has 24 heavy (non-hydrogen) atoms. The molecule has 0 radical (unpaired) electrons. The molecule has 0 aliphatic heterocycles. The predicted octanol–water partition coefficient (Wildman–Crippen LogP) is 2.81. The molecule has 0 aliphatic rings. The molecule has 124 valence electrons. The maximum atomic E-state index is 12.5. The second kappa shape index (κ2) is 7.41. The summed E-state index contributed by atoms with van der Waals surface area (Å²) in [5.74, 6) is -1.80. The normalized spacial score (nSPS) is 10.1. The van der Waals surface area contributed by atoms with Gasteiger partial charge in [-0.3, -0.25) is 9.59 Å². The number of Topliss-reactive ketones (excluding diaryl/α,β-unsaturated/α-hetero) is 1. The summed E-state index contributed by atoms with van der Waals surface area (Å²) in [6.07, 6.45) is 0.148. The topological polar surface area (TPSA) is 95.5 Å². The number of carbonyl (C=O) groups excluding carboxylic acids is 2. The van der Waals surface area contributed by atoms with Gasteiger partial charge < -0.3 is 15.7 Å². The lowest BCUT2D eigenvalue weighted by atomic mass is 10.0. The van der Waals surface area contributed by atoms with Crippen molar-refractivity contribution in [3.8, 4) is 0 Å². The summed E-state index contributed by atoms with van der Waals surface area (Å²) in [5, 5.41) is 14.9. The van der Waals surface area contributed by atoms with Crippen LogP contribution < -0.4 is 10.6 Å². The van der Waals surface area contributed by atoms with Crippen molar-refractivity contribution in [3.05, 3.63) is 59.2 Å².